The van der Waals surface area contributed by atoms with Gasteiger partial charge in [0.05, 0.1) is 0 Å². The van der Waals surface area contributed by atoms with Gasteiger partial charge in [-0.1, -0.05) is 0 Å². The zero-order chi connectivity index (χ0) is 107. The van der Waals surface area contributed by atoms with Crippen LogP contribution in [0.1, 0.15) is 0 Å². The fourth-order valence-electron chi connectivity index (χ4n) is 7.47. The van der Waals surface area contributed by atoms with Crippen LogP contribution in [0.15, 0.2) is 0 Å². The molecule has 808 valence electrons. The van der Waals surface area contributed by atoms with Crippen LogP contribution in [0, 0.1) is 0 Å². The van der Waals surface area contributed by atoms with Gasteiger partial charge in [-0.05, 0) is 0 Å². The van der Waals surface area contributed by atoms with E-state index in [2.05, 4.69) is 0 Å². The third-order valence-corrected chi connectivity index (χ3v) is 155. The van der Waals surface area contributed by atoms with Crippen molar-refractivity contribution in [1.29, 1.82) is 0 Å². The molecule has 0 heterocycles. The van der Waals surface area contributed by atoms with Crippen LogP contribution in [-0.2, 0) is 68.5 Å². The van der Waals surface area contributed by atoms with Crippen LogP contribution in [0.4, 0.5) is 4.20 Å². The second-order valence-corrected chi connectivity index (χ2v) is 242. The third-order valence-electron chi connectivity index (χ3n) is 7.68. The number of rotatable bonds is 36. The Morgan fingerprint density at radius 2 is 0.127 bits per heavy atom. The molecule has 0 aromatic heterocycles. The third kappa shape index (κ3) is 129. The summed E-state index contributed by atoms with van der Waals surface area (Å²) in [5, 5.41) is 0. The fourth-order valence-corrected chi connectivity index (χ4v) is 161. The van der Waals surface area contributed by atoms with Gasteiger partial charge in [0.15, 0.2) is 0 Å². The molecule has 0 aliphatic heterocycles. The van der Waals surface area contributed by atoms with Gasteiger partial charge in [0, 0.05) is 0 Å². The molecule has 0 aromatic rings. The first-order valence-electron chi connectivity index (χ1n) is 41.8. The summed E-state index contributed by atoms with van der Waals surface area (Å²) in [5.74, 6) is 0. The number of hydrogen-bond acceptors (Lipinski definition) is 24. The minimum absolute atomic E-state index is 1.67. The second-order valence-electron chi connectivity index (χ2n) is 69.0. The molecule has 0 atom stereocenters. The van der Waals surface area contributed by atoms with Gasteiger partial charge < -0.3 is 0 Å². The first-order valence-corrected chi connectivity index (χ1v) is 142. The Kier molecular flexibility index (Phi) is 45.4. The average molecular weight is 2860 g/mol. The molecular weight excluding hydrogens is 2630 g/mol. The summed E-state index contributed by atoms with van der Waals surface area (Å²) in [6.45, 7) is 106. The molecule has 0 aliphatic carbocycles. The van der Waals surface area contributed by atoms with E-state index in [1.165, 1.54) is 0 Å². The van der Waals surface area contributed by atoms with Crippen LogP contribution in [-0.4, -0.2) is 627 Å². The molecule has 24 nitrogen and oxygen atoms in total. The maximum atomic E-state index is 13.4. The summed E-state index contributed by atoms with van der Waals surface area (Å²) in [7, 11) is 0. The Morgan fingerprint density at radius 1 is 0.103 bits per heavy atom. The van der Waals surface area contributed by atoms with Crippen molar-refractivity contribution in [2.24, 2.45) is 0 Å². The Balaban J connectivity index is -0.000000266. The Labute approximate surface area is 819 Å². The minimum atomic E-state index is -4.70. The second kappa shape index (κ2) is 38.2. The van der Waals surface area contributed by atoms with E-state index in [1.807, 2.05) is 480 Å². The molecule has 0 N–H and O–H groups in total. The summed E-state index contributed by atoms with van der Waals surface area (Å²) >= 11 is -28.2. The predicted molar refractivity (Wildman–Crippen MR) is 641 cm³/mol. The van der Waals surface area contributed by atoms with Crippen LogP contribution in [0.25, 0.3) is 0 Å². The molecule has 0 aliphatic rings. The Bertz CT molecular complexity index is 2960. The molecule has 0 aromatic carbocycles. The topological polar surface area (TPSA) is 269 Å². The first-order chi connectivity index (χ1) is 49.5. The molecule has 0 saturated carbocycles. The van der Waals surface area contributed by atoms with Crippen LogP contribution >= 0.6 is 130 Å². The molecule has 126 heavy (non-hydrogen) atoms. The maximum absolute atomic E-state index is 13.4. The monoisotopic (exact) mass is 2860 g/mol. The van der Waals surface area contributed by atoms with Crippen LogP contribution in [0.5, 0.6) is 0 Å². The van der Waals surface area contributed by atoms with Crippen molar-refractivity contribution >= 4 is 250 Å². The van der Waals surface area contributed by atoms with E-state index in [-0.39, 0.29) is 0 Å². The van der Waals surface area contributed by atoms with E-state index in [4.69, 9.17) is 50.4 Å². The molecule has 0 unspecified atom stereocenters. The first kappa shape index (κ1) is 150. The summed E-state index contributed by atoms with van der Waals surface area (Å²) in [5.41, 5.74) is 0. The van der Waals surface area contributed by atoms with E-state index in [0.29, 0.717) is 0 Å². The van der Waals surface area contributed by atoms with Crippen LogP contribution in [0.3, 0.4) is 0 Å². The zero-order valence-corrected chi connectivity index (χ0v) is 130. The molecule has 50 heteroatoms. The van der Waals surface area contributed by atoms with E-state index in [9.17, 15) is 22.3 Å². The standard InChI is InChI=1S/C4H12FP.18C4H12OP.6O.6Sb/c19*1-6(2,3,4)5;;;;;;;;;;;;/h19*1-4H3;;;;;;;;;;;;/q;18*-1;;;;;;;6*+3. The van der Waals surface area contributed by atoms with Gasteiger partial charge in [-0.15, -0.1) is 0 Å². The van der Waals surface area contributed by atoms with Gasteiger partial charge in [0.25, 0.3) is 0 Å². The van der Waals surface area contributed by atoms with Crippen molar-refractivity contribution < 1.29 is 72.7 Å². The van der Waals surface area contributed by atoms with Gasteiger partial charge in [0.1, 0.15) is 0 Å². The quantitative estimate of drug-likeness (QED) is 0.0416. The van der Waals surface area contributed by atoms with Crippen LogP contribution < -0.4 is 0 Å². The number of halogens is 1. The summed E-state index contributed by atoms with van der Waals surface area (Å²) < 4.78 is 203. The predicted octanol–water partition coefficient (Wildman–Crippen LogP) is 25.1. The molecule has 0 radical (unpaired) electrons. The molecule has 0 rings (SSSR count). The normalized spacial score (nSPS) is 23.3. The van der Waals surface area contributed by atoms with E-state index in [1.54, 1.807) is 26.7 Å². The summed E-state index contributed by atoms with van der Waals surface area (Å²) in [4.78, 5) is 0. The Hall–Kier alpha value is 11.1. The molecular formula is C76H228FO24P19Sb6. The van der Waals surface area contributed by atoms with Crippen molar-refractivity contribution in [2.75, 3.05) is 507 Å². The molecule has 0 fully saturated rings. The van der Waals surface area contributed by atoms with Gasteiger partial charge in [-0.2, -0.15) is 0 Å². The van der Waals surface area contributed by atoms with E-state index < -0.39 is 250 Å². The fraction of sp³-hybridized carbons (Fsp3) is 1.00. The summed E-state index contributed by atoms with van der Waals surface area (Å²) in [6.07, 6.45) is 0. The van der Waals surface area contributed by atoms with Crippen LogP contribution in [0.2, 0.25) is 0 Å². The van der Waals surface area contributed by atoms with E-state index >= 15 is 0 Å². The molecule has 0 spiro atoms. The SMILES string of the molecule is CP(C)(C)(C)F.CP(C)(C)(C)[O][Sb](=[O])([O]P(C)(C)(C)C)[O]P(C)(C)(C)C.CP(C)(C)(C)[O][Sb](=[O])([O]P(C)(C)(C)C)[O]P(C)(C)(C)C.CP(C)(C)(C)[O][Sb](=[O])([O]P(C)(C)(C)C)[O]P(C)(C)(C)C.CP(C)(C)(C)[O][Sb](=[O])([O]P(C)(C)(C)C)[O]P(C)(C)(C)C.CP(C)(C)(C)[O][Sb](=[O])([O]P(C)(C)(C)C)[O]P(C)(C)(C)C.CP(C)(C)(C)[O][Sb](=[O])([O]P(C)(C)(C)C)[O]P(C)(C)(C)C. The molecule has 0 saturated heterocycles. The van der Waals surface area contributed by atoms with Crippen molar-refractivity contribution in [3.8, 4) is 0 Å². The van der Waals surface area contributed by atoms with E-state index in [0.717, 1.165) is 0 Å². The van der Waals surface area contributed by atoms with Gasteiger partial charge in [-0.3, -0.25) is 0 Å². The average Bonchev–Trinajstić information content (AvgIpc) is 0.782. The van der Waals surface area contributed by atoms with Crippen molar-refractivity contribution in [2.45, 2.75) is 0 Å². The van der Waals surface area contributed by atoms with Crippen molar-refractivity contribution in [3.63, 3.8) is 0 Å². The zero-order valence-electron chi connectivity index (χ0n) is 97.4. The summed E-state index contributed by atoms with van der Waals surface area (Å²) in [6, 6.07) is 0. The van der Waals surface area contributed by atoms with Gasteiger partial charge in [0.2, 0.25) is 0 Å². The Morgan fingerprint density at radius 3 is 0.143 bits per heavy atom. The molecule has 0 amide bonds. The number of hydrogen-bond donors (Lipinski definition) is 0. The van der Waals surface area contributed by atoms with Gasteiger partial charge in [-0.25, -0.2) is 0 Å². The van der Waals surface area contributed by atoms with Crippen molar-refractivity contribution in [1.82, 2.24) is 0 Å². The van der Waals surface area contributed by atoms with Gasteiger partial charge >= 0.3 is 829 Å². The molecule has 0 bridgehead atoms. The van der Waals surface area contributed by atoms with Crippen molar-refractivity contribution in [3.05, 3.63) is 0 Å².